The summed E-state index contributed by atoms with van der Waals surface area (Å²) in [6.07, 6.45) is 6.26. The van der Waals surface area contributed by atoms with E-state index < -0.39 is 0 Å². The van der Waals surface area contributed by atoms with Crippen LogP contribution in [0.2, 0.25) is 5.02 Å². The van der Waals surface area contributed by atoms with Gasteiger partial charge in [-0.2, -0.15) is 0 Å². The number of halogens is 1. The number of hydrogen-bond acceptors (Lipinski definition) is 4. The Morgan fingerprint density at radius 1 is 1.09 bits per heavy atom. The van der Waals surface area contributed by atoms with Gasteiger partial charge in [-0.05, 0) is 25.0 Å². The molecular formula is C17H19ClN4O. The first kappa shape index (κ1) is 15.7. The summed E-state index contributed by atoms with van der Waals surface area (Å²) in [5.41, 5.74) is 0.924. The van der Waals surface area contributed by atoms with E-state index in [2.05, 4.69) is 20.2 Å². The van der Waals surface area contributed by atoms with E-state index >= 15 is 0 Å². The van der Waals surface area contributed by atoms with Crippen molar-refractivity contribution in [3.05, 3.63) is 47.4 Å². The van der Waals surface area contributed by atoms with Crippen LogP contribution in [0.5, 0.6) is 0 Å². The van der Waals surface area contributed by atoms with Crippen LogP contribution in [0, 0.1) is 0 Å². The number of aromatic nitrogens is 2. The minimum Gasteiger partial charge on any atom is -0.357 e. The molecule has 1 aromatic heterocycles. The molecule has 1 N–H and O–H groups in total. The zero-order valence-electron chi connectivity index (χ0n) is 12.8. The maximum Gasteiger partial charge on any atom is 0.274 e. The largest absolute Gasteiger partial charge is 0.357 e. The molecular weight excluding hydrogens is 312 g/mol. The van der Waals surface area contributed by atoms with E-state index in [0.717, 1.165) is 31.7 Å². The first-order valence-corrected chi connectivity index (χ1v) is 8.25. The third-order valence-electron chi connectivity index (χ3n) is 3.94. The summed E-state index contributed by atoms with van der Waals surface area (Å²) in [5.74, 6) is 0.530. The highest BCUT2D eigenvalue weighted by atomic mass is 35.5. The molecule has 0 unspecified atom stereocenters. The number of nitrogens with one attached hydrogen (secondary N) is 1. The van der Waals surface area contributed by atoms with Gasteiger partial charge in [-0.15, -0.1) is 0 Å². The van der Waals surface area contributed by atoms with Crippen molar-refractivity contribution in [2.45, 2.75) is 25.7 Å². The molecule has 0 aliphatic carbocycles. The highest BCUT2D eigenvalue weighted by Gasteiger charge is 2.15. The number of nitrogens with zero attached hydrogens (tertiary/aromatic N) is 3. The van der Waals surface area contributed by atoms with Gasteiger partial charge in [-0.1, -0.05) is 36.6 Å². The Morgan fingerprint density at radius 3 is 2.57 bits per heavy atom. The van der Waals surface area contributed by atoms with Crippen LogP contribution in [0.4, 0.5) is 11.5 Å². The summed E-state index contributed by atoms with van der Waals surface area (Å²) in [4.78, 5) is 23.0. The second kappa shape index (κ2) is 7.42. The van der Waals surface area contributed by atoms with E-state index in [4.69, 9.17) is 11.6 Å². The highest BCUT2D eigenvalue weighted by Crippen LogP contribution is 2.22. The molecule has 5 nitrogen and oxygen atoms in total. The lowest BCUT2D eigenvalue weighted by molar-refractivity contribution is 0.102. The molecule has 0 bridgehead atoms. The summed E-state index contributed by atoms with van der Waals surface area (Å²) in [6, 6.07) is 8.89. The first-order chi connectivity index (χ1) is 11.2. The molecule has 0 spiro atoms. The zero-order valence-corrected chi connectivity index (χ0v) is 13.6. The van der Waals surface area contributed by atoms with Crippen LogP contribution < -0.4 is 10.2 Å². The van der Waals surface area contributed by atoms with E-state index in [1.54, 1.807) is 18.2 Å². The molecule has 2 heterocycles. The molecule has 23 heavy (non-hydrogen) atoms. The van der Waals surface area contributed by atoms with Gasteiger partial charge in [0.25, 0.3) is 5.91 Å². The average molecular weight is 331 g/mol. The number of carbonyl (C=O) groups is 1. The van der Waals surface area contributed by atoms with E-state index in [9.17, 15) is 4.79 Å². The lowest BCUT2D eigenvalue weighted by Gasteiger charge is -2.21. The molecule has 120 valence electrons. The van der Waals surface area contributed by atoms with Gasteiger partial charge in [0.15, 0.2) is 0 Å². The van der Waals surface area contributed by atoms with Gasteiger partial charge in [-0.25, -0.2) is 9.97 Å². The van der Waals surface area contributed by atoms with Gasteiger partial charge in [-0.3, -0.25) is 4.79 Å². The molecule has 0 saturated carbocycles. The van der Waals surface area contributed by atoms with E-state index in [1.807, 2.05) is 12.1 Å². The smallest absolute Gasteiger partial charge is 0.274 e. The molecule has 1 saturated heterocycles. The van der Waals surface area contributed by atoms with Crippen molar-refractivity contribution in [2.75, 3.05) is 23.3 Å². The maximum atomic E-state index is 12.4. The number of hydrogen-bond donors (Lipinski definition) is 1. The van der Waals surface area contributed by atoms with Crippen LogP contribution >= 0.6 is 11.6 Å². The van der Waals surface area contributed by atoms with E-state index in [-0.39, 0.29) is 5.91 Å². The molecule has 2 aromatic rings. The molecule has 1 aliphatic rings. The molecule has 0 atom stereocenters. The van der Waals surface area contributed by atoms with Crippen LogP contribution in [-0.2, 0) is 0 Å². The van der Waals surface area contributed by atoms with E-state index in [1.165, 1.54) is 19.2 Å². The van der Waals surface area contributed by atoms with Gasteiger partial charge in [0.2, 0.25) is 0 Å². The second-order valence-electron chi connectivity index (χ2n) is 5.60. The average Bonchev–Trinajstić information content (AvgIpc) is 2.86. The fourth-order valence-corrected chi connectivity index (χ4v) is 2.88. The van der Waals surface area contributed by atoms with Crippen molar-refractivity contribution in [3.8, 4) is 0 Å². The quantitative estimate of drug-likeness (QED) is 0.930. The summed E-state index contributed by atoms with van der Waals surface area (Å²) in [5, 5.41) is 3.29. The Morgan fingerprint density at radius 2 is 1.83 bits per heavy atom. The van der Waals surface area contributed by atoms with Crippen LogP contribution in [0.1, 0.15) is 36.2 Å². The molecule has 0 radical (unpaired) electrons. The Kier molecular flexibility index (Phi) is 5.08. The zero-order chi connectivity index (χ0) is 16.1. The van der Waals surface area contributed by atoms with E-state index in [0.29, 0.717) is 16.4 Å². The van der Waals surface area contributed by atoms with Crippen molar-refractivity contribution >= 4 is 29.0 Å². The lowest BCUT2D eigenvalue weighted by atomic mass is 10.2. The second-order valence-corrected chi connectivity index (χ2v) is 6.00. The highest BCUT2D eigenvalue weighted by molar-refractivity contribution is 6.33. The van der Waals surface area contributed by atoms with Crippen LogP contribution in [0.25, 0.3) is 0 Å². The van der Waals surface area contributed by atoms with Gasteiger partial charge < -0.3 is 10.2 Å². The van der Waals surface area contributed by atoms with Gasteiger partial charge in [0.05, 0.1) is 10.7 Å². The van der Waals surface area contributed by atoms with Crippen molar-refractivity contribution in [2.24, 2.45) is 0 Å². The maximum absolute atomic E-state index is 12.4. The Balaban J connectivity index is 1.76. The van der Waals surface area contributed by atoms with Crippen LogP contribution in [-0.4, -0.2) is 29.0 Å². The molecule has 1 amide bonds. The predicted molar refractivity (Wildman–Crippen MR) is 92.1 cm³/mol. The SMILES string of the molecule is O=C(Nc1ccccc1Cl)c1cc(N2CCCCCC2)ncn1. The minimum absolute atomic E-state index is 0.281. The number of carbonyl (C=O) groups excluding carboxylic acids is 1. The first-order valence-electron chi connectivity index (χ1n) is 7.87. The summed E-state index contributed by atoms with van der Waals surface area (Å²) >= 11 is 6.07. The summed E-state index contributed by atoms with van der Waals surface area (Å²) in [7, 11) is 0. The van der Waals surface area contributed by atoms with Gasteiger partial charge in [0.1, 0.15) is 17.8 Å². The molecule has 1 aliphatic heterocycles. The number of amides is 1. The molecule has 1 aromatic carbocycles. The fraction of sp³-hybridized carbons (Fsp3) is 0.353. The summed E-state index contributed by atoms with van der Waals surface area (Å²) < 4.78 is 0. The topological polar surface area (TPSA) is 58.1 Å². The van der Waals surface area contributed by atoms with Gasteiger partial charge in [0, 0.05) is 19.2 Å². The fourth-order valence-electron chi connectivity index (χ4n) is 2.69. The van der Waals surface area contributed by atoms with Crippen LogP contribution in [0.15, 0.2) is 36.7 Å². The number of rotatable bonds is 3. The standard InChI is InChI=1S/C17H19ClN4O/c18-13-7-3-4-8-14(13)21-17(23)15-11-16(20-12-19-15)22-9-5-1-2-6-10-22/h3-4,7-8,11-12H,1-2,5-6,9-10H2,(H,21,23). The normalized spacial score (nSPS) is 15.1. The predicted octanol–water partition coefficient (Wildman–Crippen LogP) is 3.76. The Bertz CT molecular complexity index is 684. The summed E-state index contributed by atoms with van der Waals surface area (Å²) in [6.45, 7) is 1.95. The Hall–Kier alpha value is -2.14. The molecule has 6 heteroatoms. The number of anilines is 2. The van der Waals surface area contributed by atoms with Crippen molar-refractivity contribution in [3.63, 3.8) is 0 Å². The molecule has 1 fully saturated rings. The van der Waals surface area contributed by atoms with Crippen LogP contribution in [0.3, 0.4) is 0 Å². The Labute approximate surface area is 140 Å². The third-order valence-corrected chi connectivity index (χ3v) is 4.27. The third kappa shape index (κ3) is 3.99. The number of benzene rings is 1. The lowest BCUT2D eigenvalue weighted by Crippen LogP contribution is -2.25. The van der Waals surface area contributed by atoms with Crippen molar-refractivity contribution < 1.29 is 4.79 Å². The van der Waals surface area contributed by atoms with Crippen molar-refractivity contribution in [1.29, 1.82) is 0 Å². The van der Waals surface area contributed by atoms with Crippen molar-refractivity contribution in [1.82, 2.24) is 9.97 Å². The monoisotopic (exact) mass is 330 g/mol. The molecule has 3 rings (SSSR count). The minimum atomic E-state index is -0.281. The number of para-hydroxylation sites is 1. The van der Waals surface area contributed by atoms with Gasteiger partial charge >= 0.3 is 0 Å².